The molecule has 2 rings (SSSR count). The van der Waals surface area contributed by atoms with Crippen LogP contribution in [0.25, 0.3) is 0 Å². The van der Waals surface area contributed by atoms with Gasteiger partial charge in [-0.15, -0.1) is 0 Å². The van der Waals surface area contributed by atoms with Crippen molar-refractivity contribution >= 4 is 0 Å². The van der Waals surface area contributed by atoms with E-state index in [0.717, 1.165) is 19.5 Å². The lowest BCUT2D eigenvalue weighted by Crippen LogP contribution is -2.41. The average molecular weight is 263 g/mol. The van der Waals surface area contributed by atoms with Crippen molar-refractivity contribution in [2.24, 2.45) is 5.41 Å². The Morgan fingerprint density at radius 2 is 2.05 bits per heavy atom. The number of nitrogens with one attached hydrogen (secondary N) is 1. The summed E-state index contributed by atoms with van der Waals surface area (Å²) in [5.41, 5.74) is 1.77. The van der Waals surface area contributed by atoms with Crippen LogP contribution in [-0.4, -0.2) is 22.9 Å². The Kier molecular flexibility index (Phi) is 5.03. The van der Waals surface area contributed by atoms with E-state index >= 15 is 0 Å². The summed E-state index contributed by atoms with van der Waals surface area (Å²) in [5.74, 6) is 0. The van der Waals surface area contributed by atoms with Crippen molar-refractivity contribution in [1.29, 1.82) is 0 Å². The van der Waals surface area contributed by atoms with Crippen molar-refractivity contribution in [2.75, 3.05) is 13.1 Å². The Balaban J connectivity index is 1.98. The highest BCUT2D eigenvalue weighted by atomic mass is 15.3. The van der Waals surface area contributed by atoms with Gasteiger partial charge in [-0.3, -0.25) is 4.68 Å². The van der Waals surface area contributed by atoms with Crippen LogP contribution >= 0.6 is 0 Å². The Morgan fingerprint density at radius 3 is 2.58 bits per heavy atom. The molecule has 1 heterocycles. The molecule has 108 valence electrons. The van der Waals surface area contributed by atoms with E-state index in [2.05, 4.69) is 43.0 Å². The molecule has 0 spiro atoms. The van der Waals surface area contributed by atoms with Crippen LogP contribution in [0.4, 0.5) is 0 Å². The standard InChI is InChI=1S/C16H29N3/c1-4-15(5-2)19-11-8-14(18-19)12-16(9-7-10-16)13-17-6-3/h8,11,15,17H,4-7,9-10,12-13H2,1-3H3. The van der Waals surface area contributed by atoms with E-state index in [9.17, 15) is 0 Å². The van der Waals surface area contributed by atoms with Gasteiger partial charge in [0.25, 0.3) is 0 Å². The monoisotopic (exact) mass is 263 g/mol. The first-order valence-corrected chi connectivity index (χ1v) is 7.97. The van der Waals surface area contributed by atoms with Crippen LogP contribution in [0.15, 0.2) is 12.3 Å². The van der Waals surface area contributed by atoms with Gasteiger partial charge in [-0.1, -0.05) is 27.2 Å². The highest BCUT2D eigenvalue weighted by Crippen LogP contribution is 2.43. The largest absolute Gasteiger partial charge is 0.316 e. The summed E-state index contributed by atoms with van der Waals surface area (Å²) in [6.07, 6.45) is 9.76. The Bertz CT molecular complexity index is 375. The minimum absolute atomic E-state index is 0.489. The van der Waals surface area contributed by atoms with Crippen molar-refractivity contribution in [3.8, 4) is 0 Å². The van der Waals surface area contributed by atoms with Crippen molar-refractivity contribution in [2.45, 2.75) is 65.3 Å². The van der Waals surface area contributed by atoms with Crippen LogP contribution in [0.5, 0.6) is 0 Å². The summed E-state index contributed by atoms with van der Waals surface area (Å²) < 4.78 is 2.18. The quantitative estimate of drug-likeness (QED) is 0.777. The molecule has 0 aromatic carbocycles. The molecule has 1 aliphatic rings. The zero-order chi connectivity index (χ0) is 13.7. The molecule has 1 N–H and O–H groups in total. The molecule has 1 aromatic heterocycles. The molecule has 0 aliphatic heterocycles. The van der Waals surface area contributed by atoms with Gasteiger partial charge in [0.15, 0.2) is 0 Å². The Morgan fingerprint density at radius 1 is 1.32 bits per heavy atom. The third-order valence-electron chi connectivity index (χ3n) is 4.70. The number of hydrogen-bond donors (Lipinski definition) is 1. The average Bonchev–Trinajstić information content (AvgIpc) is 2.82. The third kappa shape index (κ3) is 3.38. The summed E-state index contributed by atoms with van der Waals surface area (Å²) in [6, 6.07) is 2.80. The van der Waals surface area contributed by atoms with Crippen LogP contribution in [0, 0.1) is 5.41 Å². The Hall–Kier alpha value is -0.830. The van der Waals surface area contributed by atoms with Gasteiger partial charge >= 0.3 is 0 Å². The molecule has 0 unspecified atom stereocenters. The molecule has 0 amide bonds. The van der Waals surface area contributed by atoms with Crippen molar-refractivity contribution in [3.05, 3.63) is 18.0 Å². The lowest BCUT2D eigenvalue weighted by atomic mass is 9.66. The van der Waals surface area contributed by atoms with Gasteiger partial charge in [-0.2, -0.15) is 5.10 Å². The predicted octanol–water partition coefficient (Wildman–Crippen LogP) is 3.57. The van der Waals surface area contributed by atoms with Gasteiger partial charge in [-0.25, -0.2) is 0 Å². The minimum Gasteiger partial charge on any atom is -0.316 e. The van der Waals surface area contributed by atoms with E-state index in [1.165, 1.54) is 37.8 Å². The Labute approximate surface area is 117 Å². The third-order valence-corrected chi connectivity index (χ3v) is 4.70. The molecule has 1 fully saturated rings. The molecular formula is C16H29N3. The maximum absolute atomic E-state index is 4.82. The van der Waals surface area contributed by atoms with E-state index in [0.29, 0.717) is 11.5 Å². The number of nitrogens with zero attached hydrogens (tertiary/aromatic N) is 2. The normalized spacial score (nSPS) is 17.7. The highest BCUT2D eigenvalue weighted by Gasteiger charge is 2.37. The van der Waals surface area contributed by atoms with E-state index in [1.54, 1.807) is 0 Å². The first kappa shape index (κ1) is 14.6. The smallest absolute Gasteiger partial charge is 0.0630 e. The lowest BCUT2D eigenvalue weighted by molar-refractivity contribution is 0.129. The van der Waals surface area contributed by atoms with Crippen LogP contribution in [0.2, 0.25) is 0 Å². The van der Waals surface area contributed by atoms with Crippen molar-refractivity contribution < 1.29 is 0 Å². The molecule has 1 aliphatic carbocycles. The zero-order valence-corrected chi connectivity index (χ0v) is 12.8. The number of aromatic nitrogens is 2. The van der Waals surface area contributed by atoms with E-state index in [4.69, 9.17) is 5.10 Å². The van der Waals surface area contributed by atoms with Crippen LogP contribution in [0.3, 0.4) is 0 Å². The second-order valence-corrected chi connectivity index (χ2v) is 6.07. The fourth-order valence-corrected chi connectivity index (χ4v) is 3.21. The molecule has 0 saturated heterocycles. The molecule has 0 radical (unpaired) electrons. The second-order valence-electron chi connectivity index (χ2n) is 6.07. The van der Waals surface area contributed by atoms with E-state index in [-0.39, 0.29) is 0 Å². The summed E-state index contributed by atoms with van der Waals surface area (Å²) in [5, 5.41) is 8.34. The summed E-state index contributed by atoms with van der Waals surface area (Å²) in [6.45, 7) is 8.90. The summed E-state index contributed by atoms with van der Waals surface area (Å²) in [4.78, 5) is 0. The van der Waals surface area contributed by atoms with Gasteiger partial charge in [0.1, 0.15) is 0 Å². The first-order chi connectivity index (χ1) is 9.23. The lowest BCUT2D eigenvalue weighted by Gasteiger charge is -2.42. The molecule has 0 atom stereocenters. The molecule has 19 heavy (non-hydrogen) atoms. The molecule has 3 nitrogen and oxygen atoms in total. The highest BCUT2D eigenvalue weighted by molar-refractivity contribution is 5.07. The maximum atomic E-state index is 4.82. The van der Waals surface area contributed by atoms with Gasteiger partial charge in [-0.05, 0) is 50.1 Å². The SMILES string of the molecule is CCNCC1(Cc2ccn(C(CC)CC)n2)CCC1. The predicted molar refractivity (Wildman–Crippen MR) is 80.4 cm³/mol. The van der Waals surface area contributed by atoms with Gasteiger partial charge < -0.3 is 5.32 Å². The molecule has 0 bridgehead atoms. The number of hydrogen-bond acceptors (Lipinski definition) is 2. The zero-order valence-electron chi connectivity index (χ0n) is 12.8. The van der Waals surface area contributed by atoms with Crippen LogP contribution in [0.1, 0.15) is 64.6 Å². The number of rotatable bonds is 8. The van der Waals surface area contributed by atoms with Crippen molar-refractivity contribution in [1.82, 2.24) is 15.1 Å². The fourth-order valence-electron chi connectivity index (χ4n) is 3.21. The fraction of sp³-hybridized carbons (Fsp3) is 0.812. The van der Waals surface area contributed by atoms with E-state index in [1.807, 2.05) is 0 Å². The summed E-state index contributed by atoms with van der Waals surface area (Å²) in [7, 11) is 0. The molecule has 3 heteroatoms. The molecular weight excluding hydrogens is 234 g/mol. The van der Waals surface area contributed by atoms with Gasteiger partial charge in [0.05, 0.1) is 11.7 Å². The topological polar surface area (TPSA) is 29.9 Å². The van der Waals surface area contributed by atoms with Gasteiger partial charge in [0, 0.05) is 12.7 Å². The maximum Gasteiger partial charge on any atom is 0.0630 e. The van der Waals surface area contributed by atoms with Crippen LogP contribution in [-0.2, 0) is 6.42 Å². The minimum atomic E-state index is 0.489. The first-order valence-electron chi connectivity index (χ1n) is 7.97. The van der Waals surface area contributed by atoms with Gasteiger partial charge in [0.2, 0.25) is 0 Å². The molecule has 1 aromatic rings. The van der Waals surface area contributed by atoms with E-state index < -0.39 is 0 Å². The second kappa shape index (κ2) is 6.56. The van der Waals surface area contributed by atoms with Crippen LogP contribution < -0.4 is 5.32 Å². The summed E-state index contributed by atoms with van der Waals surface area (Å²) >= 11 is 0. The van der Waals surface area contributed by atoms with Crippen molar-refractivity contribution in [3.63, 3.8) is 0 Å². The molecule has 1 saturated carbocycles.